The molecule has 0 aliphatic carbocycles. The second kappa shape index (κ2) is 4.29. The molecule has 1 saturated heterocycles. The van der Waals surface area contributed by atoms with Gasteiger partial charge in [-0.1, -0.05) is 13.8 Å². The van der Waals surface area contributed by atoms with E-state index in [9.17, 15) is 13.2 Å². The van der Waals surface area contributed by atoms with E-state index in [2.05, 4.69) is 23.8 Å². The van der Waals surface area contributed by atoms with Gasteiger partial charge in [0.1, 0.15) is 5.82 Å². The van der Waals surface area contributed by atoms with Gasteiger partial charge in [0.05, 0.1) is 0 Å². The number of hydrogen-bond donors (Lipinski definition) is 1. The van der Waals surface area contributed by atoms with Gasteiger partial charge >= 0.3 is 6.18 Å². The molecule has 2 atom stereocenters. The molecule has 7 heteroatoms. The average Bonchev–Trinajstić information content (AvgIpc) is 2.57. The first kappa shape index (κ1) is 12.9. The van der Waals surface area contributed by atoms with E-state index in [1.165, 1.54) is 0 Å². The summed E-state index contributed by atoms with van der Waals surface area (Å²) in [7, 11) is 0. The first-order valence-corrected chi connectivity index (χ1v) is 5.74. The van der Waals surface area contributed by atoms with Gasteiger partial charge in [-0.05, 0) is 11.8 Å². The zero-order valence-electron chi connectivity index (χ0n) is 10.2. The molecule has 2 rings (SSSR count). The van der Waals surface area contributed by atoms with Gasteiger partial charge in [-0.25, -0.2) is 4.98 Å². The molecule has 100 valence electrons. The maximum Gasteiger partial charge on any atom is 0.433 e. The maximum absolute atomic E-state index is 12.6. The second-order valence-electron chi connectivity index (χ2n) is 4.83. The van der Waals surface area contributed by atoms with Crippen molar-refractivity contribution >= 4 is 11.8 Å². The number of rotatable bonds is 1. The molecule has 4 nitrogen and oxygen atoms in total. The predicted molar refractivity (Wildman–Crippen MR) is 62.0 cm³/mol. The summed E-state index contributed by atoms with van der Waals surface area (Å²) in [6.07, 6.45) is -4.50. The Morgan fingerprint density at radius 1 is 1.22 bits per heavy atom. The lowest BCUT2D eigenvalue weighted by Gasteiger charge is -2.18. The number of anilines is 2. The third kappa shape index (κ3) is 2.49. The fourth-order valence-electron chi connectivity index (χ4n) is 2.08. The third-order valence-corrected chi connectivity index (χ3v) is 3.33. The van der Waals surface area contributed by atoms with Gasteiger partial charge in [0.15, 0.2) is 5.69 Å². The molecular weight excluding hydrogens is 245 g/mol. The minimum atomic E-state index is -4.50. The molecule has 1 aliphatic heterocycles. The van der Waals surface area contributed by atoms with Crippen LogP contribution in [0.3, 0.4) is 0 Å². The van der Waals surface area contributed by atoms with Crippen LogP contribution in [0.4, 0.5) is 24.9 Å². The SMILES string of the molecule is CC1CN(c2cc(C(F)(F)F)nc(N)n2)CC1C. The van der Waals surface area contributed by atoms with Crippen molar-refractivity contribution in [3.05, 3.63) is 11.8 Å². The smallest absolute Gasteiger partial charge is 0.368 e. The highest BCUT2D eigenvalue weighted by Crippen LogP contribution is 2.32. The molecule has 0 bridgehead atoms. The number of alkyl halides is 3. The normalized spacial score (nSPS) is 24.6. The van der Waals surface area contributed by atoms with E-state index < -0.39 is 11.9 Å². The summed E-state index contributed by atoms with van der Waals surface area (Å²) in [5.74, 6) is 0.768. The Kier molecular flexibility index (Phi) is 3.08. The zero-order valence-corrected chi connectivity index (χ0v) is 10.2. The molecule has 2 heterocycles. The van der Waals surface area contributed by atoms with Crippen molar-refractivity contribution in [2.24, 2.45) is 11.8 Å². The molecule has 1 aromatic rings. The Labute approximate surface area is 103 Å². The fraction of sp³-hybridized carbons (Fsp3) is 0.636. The molecule has 2 unspecified atom stereocenters. The summed E-state index contributed by atoms with van der Waals surface area (Å²) in [5.41, 5.74) is 4.36. The van der Waals surface area contributed by atoms with Gasteiger partial charge in [-0.2, -0.15) is 18.2 Å². The molecule has 0 saturated carbocycles. The molecule has 0 amide bonds. The molecule has 18 heavy (non-hydrogen) atoms. The highest BCUT2D eigenvalue weighted by molar-refractivity contribution is 5.45. The lowest BCUT2D eigenvalue weighted by Crippen LogP contribution is -2.23. The van der Waals surface area contributed by atoms with Crippen molar-refractivity contribution in [2.75, 3.05) is 23.7 Å². The van der Waals surface area contributed by atoms with Crippen molar-refractivity contribution < 1.29 is 13.2 Å². The van der Waals surface area contributed by atoms with Crippen molar-refractivity contribution in [1.82, 2.24) is 9.97 Å². The summed E-state index contributed by atoms with van der Waals surface area (Å²) >= 11 is 0. The summed E-state index contributed by atoms with van der Waals surface area (Å²) in [6, 6.07) is 0.959. The fourth-order valence-corrected chi connectivity index (χ4v) is 2.08. The van der Waals surface area contributed by atoms with Gasteiger partial charge in [0.25, 0.3) is 0 Å². The van der Waals surface area contributed by atoms with Gasteiger partial charge < -0.3 is 10.6 Å². The Balaban J connectivity index is 2.32. The monoisotopic (exact) mass is 260 g/mol. The quantitative estimate of drug-likeness (QED) is 0.840. The Bertz CT molecular complexity index is 436. The third-order valence-electron chi connectivity index (χ3n) is 3.33. The van der Waals surface area contributed by atoms with Crippen LogP contribution in [0.5, 0.6) is 0 Å². The lowest BCUT2D eigenvalue weighted by atomic mass is 10.0. The molecule has 1 aromatic heterocycles. The molecule has 2 N–H and O–H groups in total. The van der Waals surface area contributed by atoms with Crippen molar-refractivity contribution in [2.45, 2.75) is 20.0 Å². The largest absolute Gasteiger partial charge is 0.433 e. The highest BCUT2D eigenvalue weighted by atomic mass is 19.4. The first-order valence-electron chi connectivity index (χ1n) is 5.74. The molecule has 1 fully saturated rings. The highest BCUT2D eigenvalue weighted by Gasteiger charge is 2.35. The van der Waals surface area contributed by atoms with Crippen LogP contribution in [0.25, 0.3) is 0 Å². The van der Waals surface area contributed by atoms with Crippen molar-refractivity contribution in [1.29, 1.82) is 0 Å². The molecule has 0 aromatic carbocycles. The van der Waals surface area contributed by atoms with Gasteiger partial charge in [0.2, 0.25) is 5.95 Å². The van der Waals surface area contributed by atoms with Crippen LogP contribution in [-0.4, -0.2) is 23.1 Å². The molecular formula is C11H15F3N4. The number of nitrogens with zero attached hydrogens (tertiary/aromatic N) is 3. The maximum atomic E-state index is 12.6. The second-order valence-corrected chi connectivity index (χ2v) is 4.83. The lowest BCUT2D eigenvalue weighted by molar-refractivity contribution is -0.141. The van der Waals surface area contributed by atoms with E-state index in [1.54, 1.807) is 0 Å². The number of halogens is 3. The minimum Gasteiger partial charge on any atom is -0.368 e. The van der Waals surface area contributed by atoms with Crippen LogP contribution < -0.4 is 10.6 Å². The van der Waals surface area contributed by atoms with E-state index >= 15 is 0 Å². The first-order chi connectivity index (χ1) is 8.27. The van der Waals surface area contributed by atoms with Crippen LogP contribution in [0, 0.1) is 11.8 Å². The molecule has 0 spiro atoms. The van der Waals surface area contributed by atoms with E-state index in [1.807, 2.05) is 4.90 Å². The van der Waals surface area contributed by atoms with E-state index in [4.69, 9.17) is 5.73 Å². The van der Waals surface area contributed by atoms with Gasteiger partial charge in [-0.15, -0.1) is 0 Å². The van der Waals surface area contributed by atoms with E-state index in [-0.39, 0.29) is 11.8 Å². The number of aromatic nitrogens is 2. The number of nitrogens with two attached hydrogens (primary N) is 1. The predicted octanol–water partition coefficient (Wildman–Crippen LogP) is 2.17. The summed E-state index contributed by atoms with van der Waals surface area (Å²) in [4.78, 5) is 8.94. The number of hydrogen-bond acceptors (Lipinski definition) is 4. The topological polar surface area (TPSA) is 55.0 Å². The Hall–Kier alpha value is -1.53. The molecule has 0 radical (unpaired) electrons. The van der Waals surface area contributed by atoms with Crippen molar-refractivity contribution in [3.8, 4) is 0 Å². The minimum absolute atomic E-state index is 0.256. The summed E-state index contributed by atoms with van der Waals surface area (Å²) < 4.78 is 37.9. The van der Waals surface area contributed by atoms with Crippen LogP contribution in [0.1, 0.15) is 19.5 Å². The summed E-state index contributed by atoms with van der Waals surface area (Å²) in [6.45, 7) is 5.52. The van der Waals surface area contributed by atoms with Crippen LogP contribution in [0.2, 0.25) is 0 Å². The van der Waals surface area contributed by atoms with Crippen LogP contribution in [-0.2, 0) is 6.18 Å². The molecule has 1 aliphatic rings. The van der Waals surface area contributed by atoms with Crippen LogP contribution in [0.15, 0.2) is 6.07 Å². The summed E-state index contributed by atoms with van der Waals surface area (Å²) in [5, 5.41) is 0. The standard InChI is InChI=1S/C11H15F3N4/c1-6-4-18(5-7(6)2)9-3-8(11(12,13)14)16-10(15)17-9/h3,6-7H,4-5H2,1-2H3,(H2,15,16,17). The number of nitrogen functional groups attached to an aromatic ring is 1. The van der Waals surface area contributed by atoms with Crippen molar-refractivity contribution in [3.63, 3.8) is 0 Å². The zero-order chi connectivity index (χ0) is 13.5. The van der Waals surface area contributed by atoms with Crippen LogP contribution >= 0.6 is 0 Å². The Morgan fingerprint density at radius 2 is 1.78 bits per heavy atom. The van der Waals surface area contributed by atoms with E-state index in [0.717, 1.165) is 6.07 Å². The van der Waals surface area contributed by atoms with Gasteiger partial charge in [0, 0.05) is 19.2 Å². The van der Waals surface area contributed by atoms with E-state index in [0.29, 0.717) is 24.9 Å². The average molecular weight is 260 g/mol. The Morgan fingerprint density at radius 3 is 2.28 bits per heavy atom. The van der Waals surface area contributed by atoms with Gasteiger partial charge in [-0.3, -0.25) is 0 Å².